The van der Waals surface area contributed by atoms with Gasteiger partial charge in [0.25, 0.3) is 0 Å². The third-order valence-electron chi connectivity index (χ3n) is 11.1. The van der Waals surface area contributed by atoms with Crippen LogP contribution in [-0.4, -0.2) is 75.9 Å². The molecule has 0 radical (unpaired) electrons. The second kappa shape index (κ2) is 9.96. The lowest BCUT2D eigenvalue weighted by molar-refractivity contribution is 0.107. The molecular weight excluding hydrogens is 584 g/mol. The topological polar surface area (TPSA) is 66.4 Å². The standard InChI is InChI=1S/C34H34F4N6O/c1-17-22(36)8-6-18-4-2-5-21(26(17)18)29-28(38)31-27-30(40-29)23(37)12-25-24-9-7-20(39-24)15-44(25)32(27)42-33(41-31)45-16-34-10-3-11-43(34)14-19(35)13-34/h2,4-6,8,19-20,23-25,39H,3,7,9-16H2,1H3/t19-,20-,23+,24+,25-,34+/m1/s1. The SMILES string of the molecule is Cc1c(F)ccc2cccc(-c3nc4c5c(nc(OC[C@@]67CCCN6C[C@H](F)C7)nc5c3F)N3C[C@H]5CC[C@H](N5)[C@H]3C[C@@H]4F)c12. The number of fused-ring (bicyclic) bond motifs is 7. The van der Waals surface area contributed by atoms with E-state index in [9.17, 15) is 8.78 Å². The highest BCUT2D eigenvalue weighted by Gasteiger charge is 2.50. The van der Waals surface area contributed by atoms with Crippen LogP contribution >= 0.6 is 0 Å². The number of halogens is 4. The molecule has 9 rings (SSSR count). The van der Waals surface area contributed by atoms with Crippen LogP contribution < -0.4 is 15.0 Å². The van der Waals surface area contributed by atoms with Gasteiger partial charge in [-0.05, 0) is 61.6 Å². The molecule has 7 nitrogen and oxygen atoms in total. The van der Waals surface area contributed by atoms with Crippen molar-refractivity contribution in [1.82, 2.24) is 25.2 Å². The van der Waals surface area contributed by atoms with Crippen LogP contribution in [0, 0.1) is 18.6 Å². The Hall–Kier alpha value is -3.57. The molecule has 5 aliphatic heterocycles. The van der Waals surface area contributed by atoms with E-state index in [2.05, 4.69) is 25.1 Å². The van der Waals surface area contributed by atoms with Crippen molar-refractivity contribution >= 4 is 27.5 Å². The zero-order valence-corrected chi connectivity index (χ0v) is 25.0. The van der Waals surface area contributed by atoms with Gasteiger partial charge in [0.1, 0.15) is 41.8 Å². The van der Waals surface area contributed by atoms with Crippen LogP contribution in [0.4, 0.5) is 23.4 Å². The maximum atomic E-state index is 17.0. The molecule has 6 atom stereocenters. The zero-order valence-electron chi connectivity index (χ0n) is 25.0. The molecule has 0 aliphatic carbocycles. The molecule has 4 saturated heterocycles. The number of anilines is 1. The van der Waals surface area contributed by atoms with Crippen LogP contribution in [0.2, 0.25) is 0 Å². The van der Waals surface area contributed by atoms with Crippen molar-refractivity contribution in [3.05, 3.63) is 53.2 Å². The Bertz CT molecular complexity index is 1870. The van der Waals surface area contributed by atoms with E-state index in [-0.39, 0.29) is 59.5 Å². The molecule has 0 spiro atoms. The summed E-state index contributed by atoms with van der Waals surface area (Å²) in [5.41, 5.74) is 0.248. The minimum atomic E-state index is -1.49. The molecule has 2 aromatic carbocycles. The van der Waals surface area contributed by atoms with Crippen LogP contribution in [0.5, 0.6) is 6.01 Å². The molecule has 0 amide bonds. The number of aryl methyl sites for hydroxylation is 1. The third-order valence-corrected chi connectivity index (χ3v) is 11.1. The summed E-state index contributed by atoms with van der Waals surface area (Å²) in [5, 5.41) is 5.13. The lowest BCUT2D eigenvalue weighted by atomic mass is 9.95. The molecule has 0 saturated carbocycles. The Kier molecular flexibility index (Phi) is 6.14. The first-order valence-corrected chi connectivity index (χ1v) is 16.1. The molecule has 11 heteroatoms. The molecule has 7 heterocycles. The molecule has 5 aliphatic rings. The number of hydrogen-bond acceptors (Lipinski definition) is 7. The monoisotopic (exact) mass is 618 g/mol. The fourth-order valence-corrected chi connectivity index (χ4v) is 8.96. The summed E-state index contributed by atoms with van der Waals surface area (Å²) in [7, 11) is 0. The first-order valence-electron chi connectivity index (χ1n) is 16.1. The number of hydrogen-bond donors (Lipinski definition) is 1. The molecule has 4 aromatic rings. The van der Waals surface area contributed by atoms with Gasteiger partial charge >= 0.3 is 6.01 Å². The van der Waals surface area contributed by atoms with Gasteiger partial charge in [0, 0.05) is 49.6 Å². The summed E-state index contributed by atoms with van der Waals surface area (Å²) < 4.78 is 69.0. The zero-order chi connectivity index (χ0) is 30.6. The summed E-state index contributed by atoms with van der Waals surface area (Å²) in [4.78, 5) is 18.4. The van der Waals surface area contributed by atoms with Gasteiger partial charge in [0.15, 0.2) is 5.82 Å². The summed E-state index contributed by atoms with van der Waals surface area (Å²) >= 11 is 0. The molecule has 0 unspecified atom stereocenters. The van der Waals surface area contributed by atoms with E-state index >= 15 is 8.78 Å². The third kappa shape index (κ3) is 4.12. The fourth-order valence-electron chi connectivity index (χ4n) is 8.96. The van der Waals surface area contributed by atoms with Gasteiger partial charge in [-0.15, -0.1) is 0 Å². The van der Waals surface area contributed by atoms with Crippen molar-refractivity contribution in [2.45, 2.75) is 81.5 Å². The number of benzene rings is 2. The highest BCUT2D eigenvalue weighted by atomic mass is 19.1. The number of alkyl halides is 2. The molecule has 45 heavy (non-hydrogen) atoms. The molecule has 2 aromatic heterocycles. The van der Waals surface area contributed by atoms with E-state index in [1.54, 1.807) is 25.1 Å². The van der Waals surface area contributed by atoms with Gasteiger partial charge in [-0.3, -0.25) is 4.90 Å². The average molecular weight is 619 g/mol. The van der Waals surface area contributed by atoms with Gasteiger partial charge in [-0.1, -0.05) is 24.3 Å². The molecule has 234 valence electrons. The summed E-state index contributed by atoms with van der Waals surface area (Å²) in [6.45, 7) is 3.64. The maximum absolute atomic E-state index is 17.0. The highest BCUT2D eigenvalue weighted by Crippen LogP contribution is 2.47. The number of ether oxygens (including phenoxy) is 1. The van der Waals surface area contributed by atoms with Crippen LogP contribution in [0.15, 0.2) is 30.3 Å². The van der Waals surface area contributed by atoms with E-state index in [1.165, 1.54) is 6.07 Å². The molecule has 1 N–H and O–H groups in total. The van der Waals surface area contributed by atoms with Gasteiger partial charge in [-0.25, -0.2) is 22.5 Å². The summed E-state index contributed by atoms with van der Waals surface area (Å²) in [6, 6.07) is 8.40. The van der Waals surface area contributed by atoms with Gasteiger partial charge in [0.05, 0.1) is 16.6 Å². The van der Waals surface area contributed by atoms with Crippen LogP contribution in [0.1, 0.15) is 56.0 Å². The normalized spacial score (nSPS) is 30.6. The first-order chi connectivity index (χ1) is 21.8. The van der Waals surface area contributed by atoms with Crippen LogP contribution in [0.3, 0.4) is 0 Å². The predicted molar refractivity (Wildman–Crippen MR) is 163 cm³/mol. The highest BCUT2D eigenvalue weighted by molar-refractivity contribution is 6.01. The molecule has 2 bridgehead atoms. The van der Waals surface area contributed by atoms with Gasteiger partial charge in [0.2, 0.25) is 0 Å². The van der Waals surface area contributed by atoms with Crippen molar-refractivity contribution < 1.29 is 22.3 Å². The van der Waals surface area contributed by atoms with Crippen molar-refractivity contribution in [3.8, 4) is 17.3 Å². The number of nitrogens with one attached hydrogen (secondary N) is 1. The number of rotatable bonds is 4. The summed E-state index contributed by atoms with van der Waals surface area (Å²) in [5.74, 6) is -0.713. The Morgan fingerprint density at radius 3 is 2.82 bits per heavy atom. The Morgan fingerprint density at radius 1 is 1.04 bits per heavy atom. The predicted octanol–water partition coefficient (Wildman–Crippen LogP) is 6.11. The van der Waals surface area contributed by atoms with Crippen LogP contribution in [-0.2, 0) is 0 Å². The van der Waals surface area contributed by atoms with Crippen molar-refractivity contribution in [2.75, 3.05) is 31.1 Å². The van der Waals surface area contributed by atoms with Gasteiger partial charge < -0.3 is 15.0 Å². The Labute approximate surface area is 258 Å². The summed E-state index contributed by atoms with van der Waals surface area (Å²) in [6.07, 6.45) is 1.80. The second-order valence-electron chi connectivity index (χ2n) is 13.6. The first kappa shape index (κ1) is 27.7. The van der Waals surface area contributed by atoms with E-state index in [4.69, 9.17) is 9.72 Å². The molecule has 4 fully saturated rings. The lowest BCUT2D eigenvalue weighted by Gasteiger charge is -2.41. The van der Waals surface area contributed by atoms with E-state index in [0.717, 1.165) is 37.6 Å². The Balaban J connectivity index is 1.25. The minimum Gasteiger partial charge on any atom is -0.461 e. The number of piperazine rings is 1. The fraction of sp³-hybridized carbons (Fsp3) is 0.500. The smallest absolute Gasteiger partial charge is 0.319 e. The quantitative estimate of drug-likeness (QED) is 0.277. The maximum Gasteiger partial charge on any atom is 0.319 e. The van der Waals surface area contributed by atoms with Crippen molar-refractivity contribution in [3.63, 3.8) is 0 Å². The van der Waals surface area contributed by atoms with Gasteiger partial charge in [-0.2, -0.15) is 9.97 Å². The van der Waals surface area contributed by atoms with Crippen molar-refractivity contribution in [1.29, 1.82) is 0 Å². The van der Waals surface area contributed by atoms with E-state index in [1.807, 2.05) is 6.07 Å². The molecular formula is C34H34F4N6O. The van der Waals surface area contributed by atoms with Crippen molar-refractivity contribution in [2.24, 2.45) is 0 Å². The average Bonchev–Trinajstić information content (AvgIpc) is 3.68. The van der Waals surface area contributed by atoms with E-state index < -0.39 is 29.5 Å². The number of aromatic nitrogens is 3. The van der Waals surface area contributed by atoms with E-state index in [0.29, 0.717) is 41.8 Å². The van der Waals surface area contributed by atoms with Crippen LogP contribution in [0.25, 0.3) is 32.9 Å². The largest absolute Gasteiger partial charge is 0.461 e. The Morgan fingerprint density at radius 2 is 1.93 bits per heavy atom. The second-order valence-corrected chi connectivity index (χ2v) is 13.6. The lowest BCUT2D eigenvalue weighted by Crippen LogP contribution is -2.58. The minimum absolute atomic E-state index is 0.00915. The number of pyridine rings is 1. The number of nitrogens with zero attached hydrogens (tertiary/aromatic N) is 5.